The van der Waals surface area contributed by atoms with E-state index >= 15 is 0 Å². The molecule has 4 nitrogen and oxygen atoms in total. The van der Waals surface area contributed by atoms with E-state index in [0.717, 1.165) is 25.9 Å². The summed E-state index contributed by atoms with van der Waals surface area (Å²) >= 11 is 0. The van der Waals surface area contributed by atoms with Crippen LogP contribution < -0.4 is 10.6 Å². The molecule has 1 aliphatic rings. The Balaban J connectivity index is 2.30. The zero-order chi connectivity index (χ0) is 10.4. The van der Waals surface area contributed by atoms with Gasteiger partial charge in [-0.15, -0.1) is 0 Å². The van der Waals surface area contributed by atoms with E-state index in [4.69, 9.17) is 5.26 Å². The summed E-state index contributed by atoms with van der Waals surface area (Å²) in [4.78, 5) is 11.6. The van der Waals surface area contributed by atoms with Crippen LogP contribution in [0.1, 0.15) is 26.2 Å². The van der Waals surface area contributed by atoms with Crippen molar-refractivity contribution < 1.29 is 4.79 Å². The highest BCUT2D eigenvalue weighted by molar-refractivity contribution is 5.79. The van der Waals surface area contributed by atoms with Crippen LogP contribution in [0.2, 0.25) is 0 Å². The molecular weight excluding hydrogens is 178 g/mol. The summed E-state index contributed by atoms with van der Waals surface area (Å²) in [5.74, 6) is 0.242. The van der Waals surface area contributed by atoms with Crippen molar-refractivity contribution in [1.82, 2.24) is 10.6 Å². The molecule has 14 heavy (non-hydrogen) atoms. The Hall–Kier alpha value is -1.08. The summed E-state index contributed by atoms with van der Waals surface area (Å²) in [5.41, 5.74) is 0. The molecule has 0 radical (unpaired) electrons. The molecule has 0 bridgehead atoms. The number of nitrogens with one attached hydrogen (secondary N) is 2. The fourth-order valence-corrected chi connectivity index (χ4v) is 1.63. The lowest BCUT2D eigenvalue weighted by Gasteiger charge is -2.23. The number of amides is 1. The van der Waals surface area contributed by atoms with Gasteiger partial charge in [0, 0.05) is 12.0 Å². The molecule has 1 heterocycles. The lowest BCUT2D eigenvalue weighted by molar-refractivity contribution is -0.126. The van der Waals surface area contributed by atoms with E-state index in [1.807, 2.05) is 13.0 Å². The molecule has 0 aromatic rings. The van der Waals surface area contributed by atoms with Crippen molar-refractivity contribution in [2.75, 3.05) is 13.1 Å². The van der Waals surface area contributed by atoms with Gasteiger partial charge < -0.3 is 10.6 Å². The standard InChI is InChI=1S/C10H17N3O/c1-8(2-5-11)13-10(14)9-3-6-12-7-4-9/h8-9,12H,2-4,6-7H2,1H3,(H,13,14). The first-order valence-corrected chi connectivity index (χ1v) is 5.12. The molecule has 0 saturated carbocycles. The van der Waals surface area contributed by atoms with Gasteiger partial charge in [-0.05, 0) is 32.9 Å². The lowest BCUT2D eigenvalue weighted by Crippen LogP contribution is -2.41. The first-order chi connectivity index (χ1) is 6.74. The zero-order valence-electron chi connectivity index (χ0n) is 8.55. The summed E-state index contributed by atoms with van der Waals surface area (Å²) in [5, 5.41) is 14.5. The average Bonchev–Trinajstić information content (AvgIpc) is 2.19. The molecular formula is C10H17N3O. The van der Waals surface area contributed by atoms with Gasteiger partial charge in [0.1, 0.15) is 0 Å². The van der Waals surface area contributed by atoms with Gasteiger partial charge in [-0.3, -0.25) is 4.79 Å². The first kappa shape index (κ1) is 11.0. The van der Waals surface area contributed by atoms with Crippen LogP contribution in [-0.2, 0) is 4.79 Å². The van der Waals surface area contributed by atoms with Crippen LogP contribution >= 0.6 is 0 Å². The van der Waals surface area contributed by atoms with Gasteiger partial charge in [0.2, 0.25) is 5.91 Å². The number of hydrogen-bond donors (Lipinski definition) is 2. The highest BCUT2D eigenvalue weighted by atomic mass is 16.1. The number of nitriles is 1. The maximum absolute atomic E-state index is 11.6. The number of nitrogens with zero attached hydrogens (tertiary/aromatic N) is 1. The van der Waals surface area contributed by atoms with Crippen LogP contribution in [0.15, 0.2) is 0 Å². The van der Waals surface area contributed by atoms with Crippen LogP contribution in [-0.4, -0.2) is 25.0 Å². The minimum Gasteiger partial charge on any atom is -0.352 e. The van der Waals surface area contributed by atoms with Gasteiger partial charge >= 0.3 is 0 Å². The predicted molar refractivity (Wildman–Crippen MR) is 53.4 cm³/mol. The van der Waals surface area contributed by atoms with Crippen LogP contribution in [0.5, 0.6) is 0 Å². The smallest absolute Gasteiger partial charge is 0.223 e. The second-order valence-electron chi connectivity index (χ2n) is 3.80. The fraction of sp³-hybridized carbons (Fsp3) is 0.800. The lowest BCUT2D eigenvalue weighted by atomic mass is 9.97. The van der Waals surface area contributed by atoms with E-state index in [0.29, 0.717) is 6.42 Å². The summed E-state index contributed by atoms with van der Waals surface area (Å²) in [6.07, 6.45) is 2.20. The minimum absolute atomic E-state index is 0.0256. The van der Waals surface area contributed by atoms with E-state index in [2.05, 4.69) is 10.6 Å². The van der Waals surface area contributed by atoms with E-state index in [1.165, 1.54) is 0 Å². The van der Waals surface area contributed by atoms with Gasteiger partial charge in [-0.1, -0.05) is 0 Å². The number of rotatable bonds is 3. The maximum Gasteiger partial charge on any atom is 0.223 e. The summed E-state index contributed by atoms with van der Waals surface area (Å²) in [7, 11) is 0. The van der Waals surface area contributed by atoms with Crippen LogP contribution in [0.25, 0.3) is 0 Å². The molecule has 78 valence electrons. The van der Waals surface area contributed by atoms with Crippen molar-refractivity contribution in [2.24, 2.45) is 5.92 Å². The predicted octanol–water partition coefficient (Wildman–Crippen LogP) is 0.404. The van der Waals surface area contributed by atoms with Crippen LogP contribution in [0.3, 0.4) is 0 Å². The first-order valence-electron chi connectivity index (χ1n) is 5.12. The average molecular weight is 195 g/mol. The van der Waals surface area contributed by atoms with Crippen LogP contribution in [0, 0.1) is 17.2 Å². The Morgan fingerprint density at radius 2 is 2.29 bits per heavy atom. The molecule has 1 aliphatic heterocycles. The third kappa shape index (κ3) is 3.35. The van der Waals surface area contributed by atoms with Gasteiger partial charge in [0.25, 0.3) is 0 Å². The van der Waals surface area contributed by atoms with Crippen molar-refractivity contribution in [3.8, 4) is 6.07 Å². The van der Waals surface area contributed by atoms with Crippen molar-refractivity contribution >= 4 is 5.91 Å². The van der Waals surface area contributed by atoms with Gasteiger partial charge in [-0.2, -0.15) is 5.26 Å². The second-order valence-corrected chi connectivity index (χ2v) is 3.80. The molecule has 1 saturated heterocycles. The number of piperidine rings is 1. The molecule has 1 rings (SSSR count). The Morgan fingerprint density at radius 1 is 1.64 bits per heavy atom. The Morgan fingerprint density at radius 3 is 2.86 bits per heavy atom. The highest BCUT2D eigenvalue weighted by Gasteiger charge is 2.21. The number of hydrogen-bond acceptors (Lipinski definition) is 3. The molecule has 1 amide bonds. The Labute approximate surface area is 84.7 Å². The van der Waals surface area contributed by atoms with Gasteiger partial charge in [-0.25, -0.2) is 0 Å². The van der Waals surface area contributed by atoms with Crippen LogP contribution in [0.4, 0.5) is 0 Å². The summed E-state index contributed by atoms with van der Waals surface area (Å²) in [6, 6.07) is 2.02. The third-order valence-electron chi connectivity index (χ3n) is 2.50. The molecule has 0 aliphatic carbocycles. The molecule has 1 unspecified atom stereocenters. The molecule has 4 heteroatoms. The summed E-state index contributed by atoms with van der Waals surface area (Å²) < 4.78 is 0. The van der Waals surface area contributed by atoms with Crippen molar-refractivity contribution in [3.63, 3.8) is 0 Å². The largest absolute Gasteiger partial charge is 0.352 e. The minimum atomic E-state index is -0.0256. The SMILES string of the molecule is CC(CC#N)NC(=O)C1CCNCC1. The highest BCUT2D eigenvalue weighted by Crippen LogP contribution is 2.11. The van der Waals surface area contributed by atoms with E-state index in [-0.39, 0.29) is 17.9 Å². The van der Waals surface area contributed by atoms with Gasteiger partial charge in [0.15, 0.2) is 0 Å². The molecule has 0 aromatic carbocycles. The van der Waals surface area contributed by atoms with Crippen molar-refractivity contribution in [2.45, 2.75) is 32.2 Å². The molecule has 0 spiro atoms. The number of carbonyl (C=O) groups is 1. The molecule has 1 fully saturated rings. The van der Waals surface area contributed by atoms with E-state index in [1.54, 1.807) is 0 Å². The van der Waals surface area contributed by atoms with Gasteiger partial charge in [0.05, 0.1) is 12.5 Å². The van der Waals surface area contributed by atoms with Crippen molar-refractivity contribution in [3.05, 3.63) is 0 Å². The molecule has 2 N–H and O–H groups in total. The van der Waals surface area contributed by atoms with Crippen molar-refractivity contribution in [1.29, 1.82) is 5.26 Å². The second kappa shape index (κ2) is 5.61. The number of carbonyl (C=O) groups excluding carboxylic acids is 1. The molecule has 1 atom stereocenters. The normalized spacial score (nSPS) is 19.7. The summed E-state index contributed by atoms with van der Waals surface area (Å²) in [6.45, 7) is 3.71. The Kier molecular flexibility index (Phi) is 4.41. The maximum atomic E-state index is 11.6. The zero-order valence-corrected chi connectivity index (χ0v) is 8.55. The van der Waals surface area contributed by atoms with E-state index in [9.17, 15) is 4.79 Å². The third-order valence-corrected chi connectivity index (χ3v) is 2.50. The monoisotopic (exact) mass is 195 g/mol. The Bertz CT molecular complexity index is 228. The quantitative estimate of drug-likeness (QED) is 0.685. The fourth-order valence-electron chi connectivity index (χ4n) is 1.63. The molecule has 0 aromatic heterocycles. The topological polar surface area (TPSA) is 64.9 Å². The van der Waals surface area contributed by atoms with E-state index < -0.39 is 0 Å².